The molecule has 1 rings (SSSR count). The van der Waals surface area contributed by atoms with E-state index in [0.29, 0.717) is 0 Å². The molecule has 0 radical (unpaired) electrons. The van der Waals surface area contributed by atoms with Gasteiger partial charge >= 0.3 is 0 Å². The van der Waals surface area contributed by atoms with Crippen LogP contribution >= 0.6 is 15.9 Å². The maximum atomic E-state index is 13.8. The molecular formula is C11H14BrFO3S. The lowest BCUT2D eigenvalue weighted by molar-refractivity contribution is 0.135. The normalized spacial score (nSPS) is 14.7. The van der Waals surface area contributed by atoms with Crippen LogP contribution in [-0.4, -0.2) is 24.5 Å². The summed E-state index contributed by atoms with van der Waals surface area (Å²) in [4.78, 5) is 0. The fraction of sp³-hybridized carbons (Fsp3) is 0.455. The minimum Gasteiger partial charge on any atom is -0.387 e. The van der Waals surface area contributed by atoms with Gasteiger partial charge in [-0.05, 0) is 35.8 Å². The van der Waals surface area contributed by atoms with Crippen LogP contribution in [0.25, 0.3) is 0 Å². The average molecular weight is 325 g/mol. The van der Waals surface area contributed by atoms with Crippen LogP contribution in [0.4, 0.5) is 4.39 Å². The molecule has 0 heterocycles. The average Bonchev–Trinajstić information content (AvgIpc) is 2.19. The molecule has 96 valence electrons. The van der Waals surface area contributed by atoms with Gasteiger partial charge in [-0.3, -0.25) is 0 Å². The third-order valence-electron chi connectivity index (χ3n) is 2.89. The summed E-state index contributed by atoms with van der Waals surface area (Å²) >= 11 is 3.00. The number of aliphatic hydroxyl groups excluding tert-OH is 1. The molecule has 0 spiro atoms. The van der Waals surface area contributed by atoms with E-state index in [0.717, 1.165) is 6.26 Å². The summed E-state index contributed by atoms with van der Waals surface area (Å²) in [6.45, 7) is 2.74. The molecule has 6 heteroatoms. The van der Waals surface area contributed by atoms with E-state index in [1.807, 2.05) is 0 Å². The van der Waals surface area contributed by atoms with Gasteiger partial charge in [-0.1, -0.05) is 12.1 Å². The Hall–Kier alpha value is -0.460. The predicted octanol–water partition coefficient (Wildman–Crippen LogP) is 2.44. The highest BCUT2D eigenvalue weighted by Gasteiger charge is 2.40. The SMILES string of the molecule is CC(C)(C(O)c1cccc(Br)c1F)S(C)(=O)=O. The van der Waals surface area contributed by atoms with E-state index >= 15 is 0 Å². The summed E-state index contributed by atoms with van der Waals surface area (Å²) in [5.74, 6) is -0.642. The van der Waals surface area contributed by atoms with Gasteiger partial charge in [0.05, 0.1) is 9.22 Å². The van der Waals surface area contributed by atoms with Crippen molar-refractivity contribution >= 4 is 25.8 Å². The summed E-state index contributed by atoms with van der Waals surface area (Å²) in [7, 11) is -3.51. The fourth-order valence-electron chi connectivity index (χ4n) is 1.31. The molecule has 0 aliphatic rings. The molecule has 1 atom stereocenters. The van der Waals surface area contributed by atoms with Gasteiger partial charge in [0.2, 0.25) is 0 Å². The summed E-state index contributed by atoms with van der Waals surface area (Å²) in [5.41, 5.74) is -0.0326. The van der Waals surface area contributed by atoms with Crippen LogP contribution in [0.5, 0.6) is 0 Å². The molecule has 3 nitrogen and oxygen atoms in total. The van der Waals surface area contributed by atoms with Crippen LogP contribution in [0.1, 0.15) is 25.5 Å². The zero-order valence-electron chi connectivity index (χ0n) is 9.74. The Morgan fingerprint density at radius 3 is 2.41 bits per heavy atom. The monoisotopic (exact) mass is 324 g/mol. The van der Waals surface area contributed by atoms with Gasteiger partial charge in [-0.25, -0.2) is 12.8 Å². The molecule has 0 fully saturated rings. The second-order valence-electron chi connectivity index (χ2n) is 4.42. The topological polar surface area (TPSA) is 54.4 Å². The minimum absolute atomic E-state index is 0.0326. The Labute approximate surface area is 109 Å². The first-order valence-corrected chi connectivity index (χ1v) is 7.59. The van der Waals surface area contributed by atoms with Crippen molar-refractivity contribution in [1.82, 2.24) is 0 Å². The van der Waals surface area contributed by atoms with Crippen molar-refractivity contribution in [2.75, 3.05) is 6.26 Å². The van der Waals surface area contributed by atoms with E-state index in [1.165, 1.54) is 26.0 Å². The second-order valence-corrected chi connectivity index (χ2v) is 7.87. The lowest BCUT2D eigenvalue weighted by Crippen LogP contribution is -2.38. The molecule has 0 bridgehead atoms. The standard InChI is InChI=1S/C11H14BrFO3S/c1-11(2,17(3,15)16)10(14)7-5-4-6-8(12)9(7)13/h4-6,10,14H,1-3H3. The molecule has 0 amide bonds. The van der Waals surface area contributed by atoms with E-state index in [4.69, 9.17) is 0 Å². The molecular weight excluding hydrogens is 311 g/mol. The molecule has 17 heavy (non-hydrogen) atoms. The van der Waals surface area contributed by atoms with Crippen molar-refractivity contribution in [3.8, 4) is 0 Å². The summed E-state index contributed by atoms with van der Waals surface area (Å²) in [6, 6.07) is 4.40. The van der Waals surface area contributed by atoms with E-state index in [9.17, 15) is 17.9 Å². The van der Waals surface area contributed by atoms with Gasteiger partial charge in [0, 0.05) is 11.8 Å². The molecule has 1 aromatic carbocycles. The number of aliphatic hydroxyl groups is 1. The number of hydrogen-bond donors (Lipinski definition) is 1. The first kappa shape index (κ1) is 14.6. The van der Waals surface area contributed by atoms with Crippen molar-refractivity contribution in [2.45, 2.75) is 24.7 Å². The van der Waals surface area contributed by atoms with Crippen molar-refractivity contribution in [1.29, 1.82) is 0 Å². The molecule has 0 saturated heterocycles. The third-order valence-corrected chi connectivity index (χ3v) is 5.64. The third kappa shape index (κ3) is 2.69. The van der Waals surface area contributed by atoms with Crippen molar-refractivity contribution in [3.05, 3.63) is 34.1 Å². The van der Waals surface area contributed by atoms with Crippen LogP contribution in [0.3, 0.4) is 0 Å². The van der Waals surface area contributed by atoms with Gasteiger partial charge in [-0.2, -0.15) is 0 Å². The first-order valence-electron chi connectivity index (χ1n) is 4.90. The smallest absolute Gasteiger partial charge is 0.155 e. The zero-order chi connectivity index (χ0) is 13.4. The molecule has 1 unspecified atom stereocenters. The molecule has 0 aliphatic carbocycles. The van der Waals surface area contributed by atoms with Crippen molar-refractivity contribution < 1.29 is 17.9 Å². The molecule has 0 saturated carbocycles. The Balaban J connectivity index is 3.31. The summed E-state index contributed by atoms with van der Waals surface area (Å²) < 4.78 is 35.7. The van der Waals surface area contributed by atoms with Crippen LogP contribution in [0.15, 0.2) is 22.7 Å². The van der Waals surface area contributed by atoms with Gasteiger partial charge in [0.25, 0.3) is 0 Å². The van der Waals surface area contributed by atoms with Crippen LogP contribution in [0.2, 0.25) is 0 Å². The highest BCUT2D eigenvalue weighted by Crippen LogP contribution is 2.34. The number of benzene rings is 1. The van der Waals surface area contributed by atoms with Crippen LogP contribution in [0, 0.1) is 5.82 Å². The van der Waals surface area contributed by atoms with E-state index in [1.54, 1.807) is 6.07 Å². The largest absolute Gasteiger partial charge is 0.387 e. The van der Waals surface area contributed by atoms with E-state index in [2.05, 4.69) is 15.9 Å². The van der Waals surface area contributed by atoms with Gasteiger partial charge in [-0.15, -0.1) is 0 Å². The van der Waals surface area contributed by atoms with E-state index < -0.39 is 26.5 Å². The Morgan fingerprint density at radius 1 is 1.41 bits per heavy atom. The Kier molecular flexibility index (Phi) is 4.01. The zero-order valence-corrected chi connectivity index (χ0v) is 12.1. The molecule has 0 aromatic heterocycles. The molecule has 0 aliphatic heterocycles. The van der Waals surface area contributed by atoms with Crippen LogP contribution in [-0.2, 0) is 9.84 Å². The maximum Gasteiger partial charge on any atom is 0.155 e. The number of rotatable bonds is 3. The maximum absolute atomic E-state index is 13.8. The lowest BCUT2D eigenvalue weighted by Gasteiger charge is -2.29. The van der Waals surface area contributed by atoms with E-state index in [-0.39, 0.29) is 10.0 Å². The minimum atomic E-state index is -3.51. The Morgan fingerprint density at radius 2 is 1.94 bits per heavy atom. The number of sulfone groups is 1. The highest BCUT2D eigenvalue weighted by molar-refractivity contribution is 9.10. The van der Waals surface area contributed by atoms with Crippen molar-refractivity contribution in [3.63, 3.8) is 0 Å². The van der Waals surface area contributed by atoms with Crippen LogP contribution < -0.4 is 0 Å². The second kappa shape index (κ2) is 4.66. The number of halogens is 2. The van der Waals surface area contributed by atoms with Crippen molar-refractivity contribution in [2.24, 2.45) is 0 Å². The fourth-order valence-corrected chi connectivity index (χ4v) is 2.22. The van der Waals surface area contributed by atoms with Gasteiger partial charge in [0.15, 0.2) is 9.84 Å². The van der Waals surface area contributed by atoms with Gasteiger partial charge in [0.1, 0.15) is 11.9 Å². The van der Waals surface area contributed by atoms with Gasteiger partial charge < -0.3 is 5.11 Å². The quantitative estimate of drug-likeness (QED) is 0.929. The summed E-state index contributed by atoms with van der Waals surface area (Å²) in [6.07, 6.45) is -0.401. The predicted molar refractivity (Wildman–Crippen MR) is 68.0 cm³/mol. The summed E-state index contributed by atoms with van der Waals surface area (Å²) in [5, 5.41) is 10.0. The number of hydrogen-bond acceptors (Lipinski definition) is 3. The molecule has 1 aromatic rings. The highest BCUT2D eigenvalue weighted by atomic mass is 79.9. The lowest BCUT2D eigenvalue weighted by atomic mass is 9.98. The first-order chi connectivity index (χ1) is 7.59. The molecule has 1 N–H and O–H groups in total. The Bertz CT molecular complexity index is 526.